The third kappa shape index (κ3) is 2.09. The molecule has 0 radical (unpaired) electrons. The molecule has 1 N–H and O–H groups in total. The molecule has 1 fully saturated rings. The number of benzene rings is 1. The summed E-state index contributed by atoms with van der Waals surface area (Å²) in [6, 6.07) is 6.75. The summed E-state index contributed by atoms with van der Waals surface area (Å²) in [5, 5.41) is 3.53. The van der Waals surface area contributed by atoms with Crippen LogP contribution in [0.5, 0.6) is 0 Å². The first-order valence-corrected chi connectivity index (χ1v) is 7.36. The third-order valence-corrected chi connectivity index (χ3v) is 4.58. The molecule has 0 amide bonds. The molecule has 1 aromatic rings. The quantitative estimate of drug-likeness (QED) is 0.856. The van der Waals surface area contributed by atoms with Gasteiger partial charge in [-0.25, -0.2) is 0 Å². The predicted molar refractivity (Wildman–Crippen MR) is 78.4 cm³/mol. The van der Waals surface area contributed by atoms with Crippen molar-refractivity contribution in [1.82, 2.24) is 0 Å². The maximum Gasteiger partial charge on any atom is 0.0419 e. The number of nitrogens with zero attached hydrogens (tertiary/aromatic N) is 1. The highest BCUT2D eigenvalue weighted by Crippen LogP contribution is 2.35. The zero-order chi connectivity index (χ0) is 12.5. The molecule has 1 aromatic carbocycles. The molecule has 2 aliphatic rings. The van der Waals surface area contributed by atoms with Crippen LogP contribution in [0.15, 0.2) is 18.2 Å². The second-order valence-corrected chi connectivity index (χ2v) is 6.07. The van der Waals surface area contributed by atoms with Gasteiger partial charge in [0, 0.05) is 31.0 Å². The van der Waals surface area contributed by atoms with Crippen molar-refractivity contribution in [2.24, 2.45) is 11.8 Å². The third-order valence-electron chi connectivity index (χ3n) is 4.58. The molecule has 0 saturated carbocycles. The van der Waals surface area contributed by atoms with Crippen molar-refractivity contribution in [3.05, 3.63) is 23.8 Å². The Balaban J connectivity index is 1.85. The summed E-state index contributed by atoms with van der Waals surface area (Å²) in [5.74, 6) is 1.69. The van der Waals surface area contributed by atoms with E-state index in [1.807, 2.05) is 0 Å². The Hall–Kier alpha value is -1.18. The second-order valence-electron chi connectivity index (χ2n) is 6.07. The van der Waals surface area contributed by atoms with Gasteiger partial charge in [0.25, 0.3) is 0 Å². The highest BCUT2D eigenvalue weighted by molar-refractivity contribution is 5.68. The SMILES string of the molecule is CC(C)C1CCN(c2cccc3c2CCCN3)C1. The molecule has 18 heavy (non-hydrogen) atoms. The molecular formula is C16H24N2. The fourth-order valence-corrected chi connectivity index (χ4v) is 3.34. The first-order valence-electron chi connectivity index (χ1n) is 7.36. The van der Waals surface area contributed by atoms with Crippen LogP contribution in [0.4, 0.5) is 11.4 Å². The molecule has 0 aliphatic carbocycles. The molecule has 3 rings (SSSR count). The van der Waals surface area contributed by atoms with E-state index >= 15 is 0 Å². The van der Waals surface area contributed by atoms with Crippen molar-refractivity contribution in [2.45, 2.75) is 33.1 Å². The Morgan fingerprint density at radius 3 is 3.00 bits per heavy atom. The van der Waals surface area contributed by atoms with Crippen molar-refractivity contribution in [3.8, 4) is 0 Å². The van der Waals surface area contributed by atoms with Crippen molar-refractivity contribution in [1.29, 1.82) is 0 Å². The van der Waals surface area contributed by atoms with Crippen LogP contribution >= 0.6 is 0 Å². The fraction of sp³-hybridized carbons (Fsp3) is 0.625. The topological polar surface area (TPSA) is 15.3 Å². The first kappa shape index (κ1) is 11.9. The molecule has 2 heterocycles. The van der Waals surface area contributed by atoms with Gasteiger partial charge in [-0.05, 0) is 48.8 Å². The lowest BCUT2D eigenvalue weighted by Gasteiger charge is -2.27. The number of fused-ring (bicyclic) bond motifs is 1. The fourth-order valence-electron chi connectivity index (χ4n) is 3.34. The Labute approximate surface area is 110 Å². The van der Waals surface area contributed by atoms with Crippen LogP contribution in [0.2, 0.25) is 0 Å². The number of anilines is 2. The summed E-state index contributed by atoms with van der Waals surface area (Å²) in [5.41, 5.74) is 4.41. The molecule has 1 unspecified atom stereocenters. The lowest BCUT2D eigenvalue weighted by Crippen LogP contribution is -2.24. The van der Waals surface area contributed by atoms with Gasteiger partial charge < -0.3 is 10.2 Å². The van der Waals surface area contributed by atoms with Crippen LogP contribution in [0.25, 0.3) is 0 Å². The lowest BCUT2D eigenvalue weighted by atomic mass is 9.95. The molecular weight excluding hydrogens is 220 g/mol. The molecule has 2 nitrogen and oxygen atoms in total. The van der Waals surface area contributed by atoms with Crippen molar-refractivity contribution < 1.29 is 0 Å². The number of hydrogen-bond donors (Lipinski definition) is 1. The van der Waals surface area contributed by atoms with Gasteiger partial charge in [-0.15, -0.1) is 0 Å². The van der Waals surface area contributed by atoms with E-state index < -0.39 is 0 Å². The Morgan fingerprint density at radius 1 is 1.33 bits per heavy atom. The van der Waals surface area contributed by atoms with Crippen LogP contribution in [0.1, 0.15) is 32.3 Å². The van der Waals surface area contributed by atoms with E-state index in [0.29, 0.717) is 0 Å². The monoisotopic (exact) mass is 244 g/mol. The first-order chi connectivity index (χ1) is 8.75. The van der Waals surface area contributed by atoms with Crippen LogP contribution < -0.4 is 10.2 Å². The van der Waals surface area contributed by atoms with E-state index in [2.05, 4.69) is 42.3 Å². The number of nitrogens with one attached hydrogen (secondary N) is 1. The Bertz CT molecular complexity index is 425. The van der Waals surface area contributed by atoms with Gasteiger partial charge >= 0.3 is 0 Å². The summed E-state index contributed by atoms with van der Waals surface area (Å²) in [7, 11) is 0. The van der Waals surface area contributed by atoms with Crippen LogP contribution in [-0.2, 0) is 6.42 Å². The zero-order valence-corrected chi connectivity index (χ0v) is 11.6. The van der Waals surface area contributed by atoms with Gasteiger partial charge in [-0.3, -0.25) is 0 Å². The molecule has 0 spiro atoms. The molecule has 2 heteroatoms. The standard InChI is InChI=1S/C16H24N2/c1-12(2)13-8-10-18(11-13)16-7-3-6-15-14(16)5-4-9-17-15/h3,6-7,12-13,17H,4-5,8-11H2,1-2H3. The van der Waals surface area contributed by atoms with Crippen LogP contribution in [-0.4, -0.2) is 19.6 Å². The maximum atomic E-state index is 3.53. The average Bonchev–Trinajstić information content (AvgIpc) is 2.87. The van der Waals surface area contributed by atoms with Crippen molar-refractivity contribution >= 4 is 11.4 Å². The normalized spacial score (nSPS) is 23.1. The van der Waals surface area contributed by atoms with E-state index in [0.717, 1.165) is 18.4 Å². The maximum absolute atomic E-state index is 3.53. The summed E-state index contributed by atoms with van der Waals surface area (Å²) < 4.78 is 0. The predicted octanol–water partition coefficient (Wildman–Crippen LogP) is 3.53. The van der Waals surface area contributed by atoms with E-state index in [4.69, 9.17) is 0 Å². The van der Waals surface area contributed by atoms with E-state index in [9.17, 15) is 0 Å². The molecule has 0 aromatic heterocycles. The van der Waals surface area contributed by atoms with E-state index in [1.54, 1.807) is 5.56 Å². The van der Waals surface area contributed by atoms with E-state index in [1.165, 1.54) is 43.7 Å². The molecule has 1 saturated heterocycles. The minimum absolute atomic E-state index is 0.813. The van der Waals surface area contributed by atoms with Gasteiger partial charge in [0.2, 0.25) is 0 Å². The summed E-state index contributed by atoms with van der Waals surface area (Å²) in [4.78, 5) is 2.61. The van der Waals surface area contributed by atoms with E-state index in [-0.39, 0.29) is 0 Å². The number of rotatable bonds is 2. The highest BCUT2D eigenvalue weighted by Gasteiger charge is 2.27. The Kier molecular flexibility index (Phi) is 3.19. The minimum Gasteiger partial charge on any atom is -0.385 e. The molecule has 2 aliphatic heterocycles. The smallest absolute Gasteiger partial charge is 0.0419 e. The average molecular weight is 244 g/mol. The highest BCUT2D eigenvalue weighted by atomic mass is 15.2. The van der Waals surface area contributed by atoms with Gasteiger partial charge in [-0.2, -0.15) is 0 Å². The number of hydrogen-bond acceptors (Lipinski definition) is 2. The van der Waals surface area contributed by atoms with Crippen LogP contribution in [0, 0.1) is 11.8 Å². The second kappa shape index (κ2) is 4.83. The summed E-state index contributed by atoms with van der Waals surface area (Å²) >= 11 is 0. The van der Waals surface area contributed by atoms with Gasteiger partial charge in [0.05, 0.1) is 0 Å². The minimum atomic E-state index is 0.813. The molecule has 1 atom stereocenters. The van der Waals surface area contributed by atoms with Crippen LogP contribution in [0.3, 0.4) is 0 Å². The van der Waals surface area contributed by atoms with Gasteiger partial charge in [-0.1, -0.05) is 19.9 Å². The molecule has 98 valence electrons. The lowest BCUT2D eigenvalue weighted by molar-refractivity contribution is 0.422. The van der Waals surface area contributed by atoms with Crippen molar-refractivity contribution in [2.75, 3.05) is 29.9 Å². The van der Waals surface area contributed by atoms with Gasteiger partial charge in [0.15, 0.2) is 0 Å². The largest absolute Gasteiger partial charge is 0.385 e. The zero-order valence-electron chi connectivity index (χ0n) is 11.6. The van der Waals surface area contributed by atoms with Crippen molar-refractivity contribution in [3.63, 3.8) is 0 Å². The summed E-state index contributed by atoms with van der Waals surface area (Å²) in [6.07, 6.45) is 3.86. The summed E-state index contributed by atoms with van der Waals surface area (Å²) in [6.45, 7) is 8.32. The Morgan fingerprint density at radius 2 is 2.22 bits per heavy atom. The van der Waals surface area contributed by atoms with Gasteiger partial charge in [0.1, 0.15) is 0 Å². The molecule has 0 bridgehead atoms.